The van der Waals surface area contributed by atoms with Gasteiger partial charge < -0.3 is 10.4 Å². The maximum absolute atomic E-state index is 13.7. The van der Waals surface area contributed by atoms with Crippen LogP contribution in [-0.2, 0) is 6.42 Å². The average Bonchev–Trinajstić information content (AvgIpc) is 2.41. The first kappa shape index (κ1) is 14.9. The third kappa shape index (κ3) is 4.23. The van der Waals surface area contributed by atoms with Crippen LogP contribution in [-0.4, -0.2) is 11.1 Å². The van der Waals surface area contributed by atoms with Crippen LogP contribution in [0.5, 0.6) is 5.75 Å². The molecule has 0 amide bonds. The minimum absolute atomic E-state index is 0.166. The second-order valence-corrected chi connectivity index (χ2v) is 5.79. The highest BCUT2D eigenvalue weighted by molar-refractivity contribution is 9.10. The van der Waals surface area contributed by atoms with Crippen molar-refractivity contribution in [3.05, 3.63) is 58.3 Å². The molecule has 106 valence electrons. The highest BCUT2D eigenvalue weighted by Crippen LogP contribution is 2.21. The van der Waals surface area contributed by atoms with E-state index in [1.165, 1.54) is 6.07 Å². The van der Waals surface area contributed by atoms with Crippen molar-refractivity contribution in [1.29, 1.82) is 0 Å². The first-order valence-electron chi connectivity index (χ1n) is 6.54. The highest BCUT2D eigenvalue weighted by atomic mass is 79.9. The first-order valence-corrected chi connectivity index (χ1v) is 7.33. The fourth-order valence-corrected chi connectivity index (χ4v) is 2.32. The van der Waals surface area contributed by atoms with Gasteiger partial charge in [-0.1, -0.05) is 28.1 Å². The minimum atomic E-state index is -0.254. The Hall–Kier alpha value is -1.55. The second kappa shape index (κ2) is 6.75. The number of hydrogen-bond donors (Lipinski definition) is 2. The van der Waals surface area contributed by atoms with Gasteiger partial charge in [-0.2, -0.15) is 0 Å². The molecule has 1 unspecified atom stereocenters. The number of aryl methyl sites for hydroxylation is 1. The highest BCUT2D eigenvalue weighted by Gasteiger charge is 2.07. The SMILES string of the molecule is CC(CCc1ccc(O)cc1)Nc1ccc(Br)cc1F. The van der Waals surface area contributed by atoms with Crippen LogP contribution >= 0.6 is 15.9 Å². The Labute approximate surface area is 126 Å². The topological polar surface area (TPSA) is 32.3 Å². The van der Waals surface area contributed by atoms with Crippen LogP contribution in [0.4, 0.5) is 10.1 Å². The molecule has 2 rings (SSSR count). The summed E-state index contributed by atoms with van der Waals surface area (Å²) < 4.78 is 14.4. The molecule has 0 aliphatic rings. The lowest BCUT2D eigenvalue weighted by Gasteiger charge is -2.16. The van der Waals surface area contributed by atoms with Crippen molar-refractivity contribution < 1.29 is 9.50 Å². The summed E-state index contributed by atoms with van der Waals surface area (Å²) in [4.78, 5) is 0. The number of halogens is 2. The van der Waals surface area contributed by atoms with Crippen LogP contribution in [0.15, 0.2) is 46.9 Å². The standard InChI is InChI=1S/C16H17BrFNO/c1-11(2-3-12-4-7-14(20)8-5-12)19-16-9-6-13(17)10-15(16)18/h4-11,19-20H,2-3H2,1H3. The normalized spacial score (nSPS) is 12.2. The van der Waals surface area contributed by atoms with Crippen molar-refractivity contribution in [2.45, 2.75) is 25.8 Å². The average molecular weight is 338 g/mol. The van der Waals surface area contributed by atoms with E-state index >= 15 is 0 Å². The van der Waals surface area contributed by atoms with E-state index in [1.807, 2.05) is 25.1 Å². The predicted octanol–water partition coefficient (Wildman–Crippen LogP) is 4.73. The molecule has 2 N–H and O–H groups in total. The van der Waals surface area contributed by atoms with E-state index in [0.29, 0.717) is 5.69 Å². The molecule has 0 aliphatic heterocycles. The quantitative estimate of drug-likeness (QED) is 0.826. The summed E-state index contributed by atoms with van der Waals surface area (Å²) in [6, 6.07) is 12.3. The van der Waals surface area contributed by atoms with E-state index in [9.17, 15) is 9.50 Å². The maximum Gasteiger partial charge on any atom is 0.147 e. The molecule has 2 aromatic rings. The molecular weight excluding hydrogens is 321 g/mol. The summed E-state index contributed by atoms with van der Waals surface area (Å²) in [5.74, 6) is 0.0210. The van der Waals surface area contributed by atoms with Gasteiger partial charge in [0.1, 0.15) is 11.6 Å². The van der Waals surface area contributed by atoms with E-state index in [0.717, 1.165) is 22.9 Å². The predicted molar refractivity (Wildman–Crippen MR) is 83.6 cm³/mol. The minimum Gasteiger partial charge on any atom is -0.508 e. The van der Waals surface area contributed by atoms with Gasteiger partial charge in [-0.25, -0.2) is 4.39 Å². The van der Waals surface area contributed by atoms with Crippen LogP contribution in [0.1, 0.15) is 18.9 Å². The van der Waals surface area contributed by atoms with Gasteiger partial charge in [0.2, 0.25) is 0 Å². The number of phenolic OH excluding ortho intramolecular Hbond substituents is 1. The summed E-state index contributed by atoms with van der Waals surface area (Å²) in [5, 5.41) is 12.4. The molecule has 0 aliphatic carbocycles. The Morgan fingerprint density at radius 1 is 1.20 bits per heavy atom. The number of nitrogens with one attached hydrogen (secondary N) is 1. The van der Waals surface area contributed by atoms with E-state index in [-0.39, 0.29) is 17.6 Å². The number of anilines is 1. The van der Waals surface area contributed by atoms with Crippen molar-refractivity contribution in [3.8, 4) is 5.75 Å². The Morgan fingerprint density at radius 3 is 2.55 bits per heavy atom. The van der Waals surface area contributed by atoms with E-state index in [1.54, 1.807) is 18.2 Å². The summed E-state index contributed by atoms with van der Waals surface area (Å²) in [5.41, 5.74) is 1.68. The maximum atomic E-state index is 13.7. The largest absolute Gasteiger partial charge is 0.508 e. The molecular formula is C16H17BrFNO. The lowest BCUT2D eigenvalue weighted by atomic mass is 10.1. The molecule has 0 saturated heterocycles. The van der Waals surface area contributed by atoms with Crippen LogP contribution in [0.25, 0.3) is 0 Å². The van der Waals surface area contributed by atoms with Crippen LogP contribution < -0.4 is 5.32 Å². The van der Waals surface area contributed by atoms with Gasteiger partial charge in [0.25, 0.3) is 0 Å². The third-order valence-electron chi connectivity index (χ3n) is 3.14. The van der Waals surface area contributed by atoms with Crippen molar-refractivity contribution in [1.82, 2.24) is 0 Å². The number of phenols is 1. The molecule has 1 atom stereocenters. The number of aromatic hydroxyl groups is 1. The van der Waals surface area contributed by atoms with Gasteiger partial charge in [0.15, 0.2) is 0 Å². The molecule has 2 nitrogen and oxygen atoms in total. The zero-order valence-electron chi connectivity index (χ0n) is 11.2. The molecule has 0 spiro atoms. The van der Waals surface area contributed by atoms with Gasteiger partial charge >= 0.3 is 0 Å². The summed E-state index contributed by atoms with van der Waals surface area (Å²) in [6.07, 6.45) is 1.77. The van der Waals surface area contributed by atoms with Gasteiger partial charge in [0, 0.05) is 10.5 Å². The Bertz CT molecular complexity index is 571. The van der Waals surface area contributed by atoms with Gasteiger partial charge in [-0.05, 0) is 55.7 Å². The smallest absolute Gasteiger partial charge is 0.147 e. The molecule has 0 saturated carbocycles. The van der Waals surface area contributed by atoms with Crippen LogP contribution in [0.3, 0.4) is 0 Å². The van der Waals surface area contributed by atoms with Crippen molar-refractivity contribution in [3.63, 3.8) is 0 Å². The summed E-state index contributed by atoms with van der Waals surface area (Å²) >= 11 is 3.24. The fourth-order valence-electron chi connectivity index (χ4n) is 1.99. The Morgan fingerprint density at radius 2 is 1.90 bits per heavy atom. The molecule has 2 aromatic carbocycles. The van der Waals surface area contributed by atoms with E-state index < -0.39 is 0 Å². The monoisotopic (exact) mass is 337 g/mol. The molecule has 0 heterocycles. The van der Waals surface area contributed by atoms with Crippen molar-refractivity contribution in [2.24, 2.45) is 0 Å². The lowest BCUT2D eigenvalue weighted by Crippen LogP contribution is -2.16. The molecule has 0 bridgehead atoms. The van der Waals surface area contributed by atoms with Gasteiger partial charge in [-0.15, -0.1) is 0 Å². The molecule has 0 radical (unpaired) electrons. The second-order valence-electron chi connectivity index (χ2n) is 4.87. The van der Waals surface area contributed by atoms with Gasteiger partial charge in [-0.3, -0.25) is 0 Å². The van der Waals surface area contributed by atoms with Gasteiger partial charge in [0.05, 0.1) is 5.69 Å². The summed E-state index contributed by atoms with van der Waals surface area (Å²) in [7, 11) is 0. The third-order valence-corrected chi connectivity index (χ3v) is 3.63. The first-order chi connectivity index (χ1) is 9.54. The Balaban J connectivity index is 1.89. The fraction of sp³-hybridized carbons (Fsp3) is 0.250. The molecule has 0 aromatic heterocycles. The van der Waals surface area contributed by atoms with Crippen LogP contribution in [0.2, 0.25) is 0 Å². The number of hydrogen-bond acceptors (Lipinski definition) is 2. The zero-order valence-corrected chi connectivity index (χ0v) is 12.8. The number of benzene rings is 2. The van der Waals surface area contributed by atoms with E-state index in [4.69, 9.17) is 0 Å². The van der Waals surface area contributed by atoms with Crippen LogP contribution in [0, 0.1) is 5.82 Å². The van der Waals surface area contributed by atoms with Crippen molar-refractivity contribution >= 4 is 21.6 Å². The molecule has 0 fully saturated rings. The lowest BCUT2D eigenvalue weighted by molar-refractivity contribution is 0.475. The summed E-state index contributed by atoms with van der Waals surface area (Å²) in [6.45, 7) is 2.03. The van der Waals surface area contributed by atoms with E-state index in [2.05, 4.69) is 21.2 Å². The zero-order chi connectivity index (χ0) is 14.5. The molecule has 4 heteroatoms. The Kier molecular flexibility index (Phi) is 5.01. The number of rotatable bonds is 5. The molecule has 20 heavy (non-hydrogen) atoms. The van der Waals surface area contributed by atoms with Crippen molar-refractivity contribution in [2.75, 3.05) is 5.32 Å².